The van der Waals surface area contributed by atoms with Crippen LogP contribution >= 0.6 is 0 Å². The van der Waals surface area contributed by atoms with Gasteiger partial charge in [0.25, 0.3) is 0 Å². The summed E-state index contributed by atoms with van der Waals surface area (Å²) in [7, 11) is 0. The lowest BCUT2D eigenvalue weighted by Crippen LogP contribution is -2.59. The van der Waals surface area contributed by atoms with E-state index in [1.54, 1.807) is 0 Å². The van der Waals surface area contributed by atoms with Gasteiger partial charge in [-0.3, -0.25) is 4.90 Å². The maximum absolute atomic E-state index is 12.5. The smallest absolute Gasteiger partial charge is 0.317 e. The minimum atomic E-state index is -0.0745. The van der Waals surface area contributed by atoms with E-state index in [-0.39, 0.29) is 11.6 Å². The lowest BCUT2D eigenvalue weighted by molar-refractivity contribution is 0.00268. The van der Waals surface area contributed by atoms with Crippen LogP contribution < -0.4 is 5.32 Å². The minimum absolute atomic E-state index is 0.0701. The van der Waals surface area contributed by atoms with Crippen LogP contribution in [0.5, 0.6) is 0 Å². The number of nitrogens with zero attached hydrogens (tertiary/aromatic N) is 4. The average Bonchev–Trinajstić information content (AvgIpc) is 3.19. The Hall–Kier alpha value is -2.34. The number of piperidine rings is 1. The fraction of sp³-hybridized carbons (Fsp3) is 0.565. The van der Waals surface area contributed by atoms with E-state index < -0.39 is 0 Å². The normalized spacial score (nSPS) is 18.8. The molecule has 0 aliphatic carbocycles. The Labute approximate surface area is 173 Å². The molecule has 29 heavy (non-hydrogen) atoms. The zero-order valence-electron chi connectivity index (χ0n) is 17.9. The Morgan fingerprint density at radius 3 is 2.52 bits per heavy atom. The summed E-state index contributed by atoms with van der Waals surface area (Å²) >= 11 is 0. The molecule has 6 heteroatoms. The SMILES string of the molecule is CCN1CCn2c(-c3ccccc3)cnc2C12CCN(C(=O)NCC(C)C)CC2. The summed E-state index contributed by atoms with van der Waals surface area (Å²) in [5.74, 6) is 1.64. The number of hydrogen-bond acceptors (Lipinski definition) is 3. The standard InChI is InChI=1S/C23H33N5O/c1-4-27-14-15-28-20(19-8-6-5-7-9-19)17-24-21(28)23(27)10-12-26(13-11-23)22(29)25-16-18(2)3/h5-9,17-18H,4,10-16H2,1-3H3,(H,25,29). The van der Waals surface area contributed by atoms with Gasteiger partial charge in [-0.25, -0.2) is 9.78 Å². The monoisotopic (exact) mass is 395 g/mol. The predicted octanol–water partition coefficient (Wildman–Crippen LogP) is 3.54. The maximum atomic E-state index is 12.5. The lowest BCUT2D eigenvalue weighted by atomic mass is 9.83. The number of carbonyl (C=O) groups is 1. The molecule has 4 rings (SSSR count). The minimum Gasteiger partial charge on any atom is -0.338 e. The molecule has 0 unspecified atom stereocenters. The van der Waals surface area contributed by atoms with Crippen LogP contribution in [0.4, 0.5) is 4.79 Å². The Balaban J connectivity index is 1.58. The van der Waals surface area contributed by atoms with Gasteiger partial charge in [-0.15, -0.1) is 0 Å². The van der Waals surface area contributed by atoms with Gasteiger partial charge in [0.2, 0.25) is 0 Å². The molecule has 0 radical (unpaired) electrons. The van der Waals surface area contributed by atoms with Crippen LogP contribution in [0.25, 0.3) is 11.3 Å². The molecule has 1 saturated heterocycles. The van der Waals surface area contributed by atoms with Gasteiger partial charge in [0, 0.05) is 32.7 Å². The molecule has 2 aliphatic rings. The molecule has 1 spiro atoms. The van der Waals surface area contributed by atoms with Crippen LogP contribution in [0.3, 0.4) is 0 Å². The highest BCUT2D eigenvalue weighted by Crippen LogP contribution is 2.42. The molecule has 2 amide bonds. The molecule has 156 valence electrons. The van der Waals surface area contributed by atoms with Gasteiger partial charge in [-0.2, -0.15) is 0 Å². The molecule has 1 N–H and O–H groups in total. The van der Waals surface area contributed by atoms with Gasteiger partial charge >= 0.3 is 6.03 Å². The van der Waals surface area contributed by atoms with E-state index in [9.17, 15) is 4.79 Å². The Bertz CT molecular complexity index is 836. The van der Waals surface area contributed by atoms with Crippen LogP contribution in [0, 0.1) is 5.92 Å². The number of imidazole rings is 1. The summed E-state index contributed by atoms with van der Waals surface area (Å²) in [4.78, 5) is 22.0. The molecule has 0 saturated carbocycles. The van der Waals surface area contributed by atoms with E-state index in [0.29, 0.717) is 5.92 Å². The number of likely N-dealkylation sites (tertiary alicyclic amines) is 1. The number of likely N-dealkylation sites (N-methyl/N-ethyl adjacent to an activating group) is 1. The highest BCUT2D eigenvalue weighted by molar-refractivity contribution is 5.74. The van der Waals surface area contributed by atoms with Gasteiger partial charge in [0.1, 0.15) is 5.82 Å². The highest BCUT2D eigenvalue weighted by atomic mass is 16.2. The molecule has 6 nitrogen and oxygen atoms in total. The highest BCUT2D eigenvalue weighted by Gasteiger charge is 2.47. The number of urea groups is 1. The number of hydrogen-bond donors (Lipinski definition) is 1. The van der Waals surface area contributed by atoms with Crippen molar-refractivity contribution >= 4 is 6.03 Å². The van der Waals surface area contributed by atoms with Crippen molar-refractivity contribution in [3.05, 3.63) is 42.4 Å². The van der Waals surface area contributed by atoms with E-state index in [1.165, 1.54) is 17.1 Å². The van der Waals surface area contributed by atoms with E-state index in [0.717, 1.165) is 52.1 Å². The van der Waals surface area contributed by atoms with E-state index in [1.807, 2.05) is 11.1 Å². The van der Waals surface area contributed by atoms with Crippen molar-refractivity contribution in [2.24, 2.45) is 5.92 Å². The Morgan fingerprint density at radius 1 is 1.14 bits per heavy atom. The van der Waals surface area contributed by atoms with Crippen LogP contribution in [-0.4, -0.2) is 58.1 Å². The molecule has 3 heterocycles. The summed E-state index contributed by atoms with van der Waals surface area (Å²) in [5.41, 5.74) is 2.35. The van der Waals surface area contributed by atoms with Crippen molar-refractivity contribution in [3.63, 3.8) is 0 Å². The van der Waals surface area contributed by atoms with Gasteiger partial charge in [-0.1, -0.05) is 51.1 Å². The largest absolute Gasteiger partial charge is 0.338 e. The van der Waals surface area contributed by atoms with E-state index >= 15 is 0 Å². The van der Waals surface area contributed by atoms with Gasteiger partial charge < -0.3 is 14.8 Å². The third kappa shape index (κ3) is 3.66. The first kappa shape index (κ1) is 20.0. The Morgan fingerprint density at radius 2 is 1.86 bits per heavy atom. The van der Waals surface area contributed by atoms with Gasteiger partial charge in [-0.05, 0) is 30.9 Å². The number of carbonyl (C=O) groups excluding carboxylic acids is 1. The summed E-state index contributed by atoms with van der Waals surface area (Å²) in [6.45, 7) is 11.8. The zero-order valence-corrected chi connectivity index (χ0v) is 17.9. The molecule has 2 aromatic rings. The fourth-order valence-corrected chi connectivity index (χ4v) is 4.87. The first-order chi connectivity index (χ1) is 14.0. The molecule has 2 aliphatic heterocycles. The summed E-state index contributed by atoms with van der Waals surface area (Å²) < 4.78 is 2.41. The van der Waals surface area contributed by atoms with Crippen molar-refractivity contribution in [3.8, 4) is 11.3 Å². The van der Waals surface area contributed by atoms with Crippen molar-refractivity contribution in [2.75, 3.05) is 32.7 Å². The molecule has 0 atom stereocenters. The molecule has 1 aromatic heterocycles. The predicted molar refractivity (Wildman–Crippen MR) is 116 cm³/mol. The molecule has 1 fully saturated rings. The molecular formula is C23H33N5O. The topological polar surface area (TPSA) is 53.4 Å². The number of benzene rings is 1. The molecule has 1 aromatic carbocycles. The summed E-state index contributed by atoms with van der Waals surface area (Å²) in [6, 6.07) is 10.6. The summed E-state index contributed by atoms with van der Waals surface area (Å²) in [5, 5.41) is 3.07. The van der Waals surface area contributed by atoms with Crippen molar-refractivity contribution < 1.29 is 4.79 Å². The van der Waals surface area contributed by atoms with Crippen LogP contribution in [0.15, 0.2) is 36.5 Å². The summed E-state index contributed by atoms with van der Waals surface area (Å²) in [6.07, 6.45) is 3.90. The third-order valence-corrected chi connectivity index (χ3v) is 6.46. The number of aromatic nitrogens is 2. The second-order valence-electron chi connectivity index (χ2n) is 8.66. The first-order valence-corrected chi connectivity index (χ1v) is 10.9. The number of amides is 2. The van der Waals surface area contributed by atoms with Crippen LogP contribution in [0.1, 0.15) is 39.4 Å². The second kappa shape index (κ2) is 8.19. The van der Waals surface area contributed by atoms with Gasteiger partial charge in [0.05, 0.1) is 17.4 Å². The zero-order chi connectivity index (χ0) is 20.4. The second-order valence-corrected chi connectivity index (χ2v) is 8.66. The first-order valence-electron chi connectivity index (χ1n) is 10.9. The van der Waals surface area contributed by atoms with Gasteiger partial charge in [0.15, 0.2) is 0 Å². The molecule has 0 bridgehead atoms. The quantitative estimate of drug-likeness (QED) is 0.861. The molecular weight excluding hydrogens is 362 g/mol. The van der Waals surface area contributed by atoms with E-state index in [4.69, 9.17) is 4.98 Å². The van der Waals surface area contributed by atoms with Crippen molar-refractivity contribution in [2.45, 2.75) is 45.7 Å². The maximum Gasteiger partial charge on any atom is 0.317 e. The van der Waals surface area contributed by atoms with Crippen LogP contribution in [0.2, 0.25) is 0 Å². The third-order valence-electron chi connectivity index (χ3n) is 6.46. The van der Waals surface area contributed by atoms with Crippen LogP contribution in [-0.2, 0) is 12.1 Å². The number of nitrogens with one attached hydrogen (secondary N) is 1. The average molecular weight is 396 g/mol. The number of rotatable bonds is 4. The number of fused-ring (bicyclic) bond motifs is 2. The van der Waals surface area contributed by atoms with E-state index in [2.05, 4.69) is 65.9 Å². The van der Waals surface area contributed by atoms with Crippen molar-refractivity contribution in [1.82, 2.24) is 24.7 Å². The fourth-order valence-electron chi connectivity index (χ4n) is 4.87. The van der Waals surface area contributed by atoms with Crippen molar-refractivity contribution in [1.29, 1.82) is 0 Å². The lowest BCUT2D eigenvalue weighted by Gasteiger charge is -2.50. The Kier molecular flexibility index (Phi) is 5.63.